The first-order chi connectivity index (χ1) is 7.86. The Labute approximate surface area is 92.4 Å². The van der Waals surface area contributed by atoms with E-state index >= 15 is 0 Å². The molecule has 0 saturated carbocycles. The second-order valence-electron chi connectivity index (χ2n) is 3.94. The van der Waals surface area contributed by atoms with Crippen LogP contribution in [0.2, 0.25) is 0 Å². The molecule has 84 valence electrons. The summed E-state index contributed by atoms with van der Waals surface area (Å²) in [6, 6.07) is 4.39. The van der Waals surface area contributed by atoms with Gasteiger partial charge in [-0.15, -0.1) is 14.8 Å². The Morgan fingerprint density at radius 1 is 1.44 bits per heavy atom. The number of anilines is 1. The molecule has 3 rings (SSSR count). The molecule has 0 aliphatic carbocycles. The zero-order valence-electron chi connectivity index (χ0n) is 9.04. The van der Waals surface area contributed by atoms with Gasteiger partial charge in [0, 0.05) is 19.1 Å². The zero-order chi connectivity index (χ0) is 11.0. The number of aromatic nitrogens is 5. The van der Waals surface area contributed by atoms with Crippen LogP contribution in [0.25, 0.3) is 5.65 Å². The lowest BCUT2D eigenvalue weighted by atomic mass is 10.3. The number of nitrogens with one attached hydrogen (secondary N) is 1. The summed E-state index contributed by atoms with van der Waals surface area (Å²) in [6.07, 6.45) is 1.14. The van der Waals surface area contributed by atoms with Crippen LogP contribution in [0.1, 0.15) is 6.42 Å². The van der Waals surface area contributed by atoms with Crippen molar-refractivity contribution in [2.75, 3.05) is 25.0 Å². The first kappa shape index (κ1) is 9.46. The molecule has 0 aromatic carbocycles. The molecule has 1 aliphatic rings. The molecule has 2 aromatic rings. The topological polar surface area (TPSA) is 71.2 Å². The average molecular weight is 219 g/mol. The van der Waals surface area contributed by atoms with Crippen molar-refractivity contribution < 1.29 is 0 Å². The molecule has 2 aromatic heterocycles. The van der Waals surface area contributed by atoms with Gasteiger partial charge in [-0.05, 0) is 36.0 Å². The largest absolute Gasteiger partial charge is 0.354 e. The van der Waals surface area contributed by atoms with Crippen molar-refractivity contribution in [1.29, 1.82) is 0 Å². The van der Waals surface area contributed by atoms with Gasteiger partial charge in [-0.3, -0.25) is 0 Å². The van der Waals surface area contributed by atoms with E-state index in [4.69, 9.17) is 0 Å². The Balaban J connectivity index is 1.88. The van der Waals surface area contributed by atoms with Crippen molar-refractivity contribution in [3.8, 4) is 0 Å². The highest BCUT2D eigenvalue weighted by molar-refractivity contribution is 5.45. The van der Waals surface area contributed by atoms with Crippen LogP contribution in [0.15, 0.2) is 12.1 Å². The van der Waals surface area contributed by atoms with Gasteiger partial charge >= 0.3 is 0 Å². The van der Waals surface area contributed by atoms with Gasteiger partial charge in [0.25, 0.3) is 0 Å². The van der Waals surface area contributed by atoms with E-state index in [-0.39, 0.29) is 0 Å². The Bertz CT molecular complexity index is 493. The minimum absolute atomic E-state index is 0.548. The standard InChI is InChI=1S/C9H13N7/c1-10-7-4-5-15(6-7)9-3-2-8-11-13-14-16(8)12-9/h2-3,7,10H,4-6H2,1H3. The third kappa shape index (κ3) is 1.49. The van der Waals surface area contributed by atoms with Crippen LogP contribution in [-0.4, -0.2) is 51.4 Å². The van der Waals surface area contributed by atoms with E-state index in [1.54, 1.807) is 0 Å². The first-order valence-electron chi connectivity index (χ1n) is 5.34. The van der Waals surface area contributed by atoms with Gasteiger partial charge in [0.05, 0.1) is 0 Å². The summed E-state index contributed by atoms with van der Waals surface area (Å²) in [5, 5.41) is 18.8. The maximum absolute atomic E-state index is 4.36. The summed E-state index contributed by atoms with van der Waals surface area (Å²) in [4.78, 5) is 2.24. The summed E-state index contributed by atoms with van der Waals surface area (Å²) in [5.74, 6) is 0.928. The summed E-state index contributed by atoms with van der Waals surface area (Å²) >= 11 is 0. The van der Waals surface area contributed by atoms with Gasteiger partial charge in [-0.25, -0.2) is 0 Å². The fourth-order valence-corrected chi connectivity index (χ4v) is 2.01. The predicted molar refractivity (Wildman–Crippen MR) is 58.3 cm³/mol. The maximum Gasteiger partial charge on any atom is 0.200 e. The van der Waals surface area contributed by atoms with E-state index in [0.717, 1.165) is 25.3 Å². The summed E-state index contributed by atoms with van der Waals surface area (Å²) in [7, 11) is 1.99. The molecule has 1 unspecified atom stereocenters. The van der Waals surface area contributed by atoms with E-state index in [1.165, 1.54) is 4.63 Å². The average Bonchev–Trinajstić information content (AvgIpc) is 2.96. The molecule has 3 heterocycles. The van der Waals surface area contributed by atoms with Gasteiger partial charge in [0.15, 0.2) is 11.5 Å². The summed E-state index contributed by atoms with van der Waals surface area (Å²) < 4.78 is 1.46. The van der Waals surface area contributed by atoms with Gasteiger partial charge < -0.3 is 10.2 Å². The van der Waals surface area contributed by atoms with E-state index in [1.807, 2.05) is 19.2 Å². The Morgan fingerprint density at radius 2 is 2.38 bits per heavy atom. The third-order valence-corrected chi connectivity index (χ3v) is 2.98. The number of nitrogens with zero attached hydrogens (tertiary/aromatic N) is 6. The molecule has 16 heavy (non-hydrogen) atoms. The number of likely N-dealkylation sites (N-methyl/N-ethyl adjacent to an activating group) is 1. The molecule has 1 atom stereocenters. The van der Waals surface area contributed by atoms with Crippen LogP contribution < -0.4 is 10.2 Å². The van der Waals surface area contributed by atoms with Crippen molar-refractivity contribution in [3.05, 3.63) is 12.1 Å². The fraction of sp³-hybridized carbons (Fsp3) is 0.556. The fourth-order valence-electron chi connectivity index (χ4n) is 2.01. The molecule has 1 fully saturated rings. The highest BCUT2D eigenvalue weighted by Gasteiger charge is 2.22. The van der Waals surface area contributed by atoms with Crippen LogP contribution in [0.3, 0.4) is 0 Å². The normalized spacial score (nSPS) is 20.8. The number of hydrogen-bond acceptors (Lipinski definition) is 6. The van der Waals surface area contributed by atoms with Crippen LogP contribution >= 0.6 is 0 Å². The van der Waals surface area contributed by atoms with Gasteiger partial charge in [0.2, 0.25) is 0 Å². The zero-order valence-corrected chi connectivity index (χ0v) is 9.04. The second-order valence-corrected chi connectivity index (χ2v) is 3.94. The van der Waals surface area contributed by atoms with Crippen molar-refractivity contribution in [2.45, 2.75) is 12.5 Å². The maximum atomic E-state index is 4.36. The minimum atomic E-state index is 0.548. The predicted octanol–water partition coefficient (Wildman–Crippen LogP) is -0.683. The molecule has 0 amide bonds. The highest BCUT2D eigenvalue weighted by atomic mass is 15.6. The molecule has 7 nitrogen and oxygen atoms in total. The van der Waals surface area contributed by atoms with Gasteiger partial charge in [-0.2, -0.15) is 0 Å². The monoisotopic (exact) mass is 219 g/mol. The number of tetrazole rings is 1. The lowest BCUT2D eigenvalue weighted by Gasteiger charge is -2.16. The molecule has 1 N–H and O–H groups in total. The van der Waals surface area contributed by atoms with Gasteiger partial charge in [0.1, 0.15) is 0 Å². The van der Waals surface area contributed by atoms with Crippen LogP contribution in [-0.2, 0) is 0 Å². The lowest BCUT2D eigenvalue weighted by Crippen LogP contribution is -2.30. The lowest BCUT2D eigenvalue weighted by molar-refractivity contribution is 0.615. The number of rotatable bonds is 2. The molecule has 0 radical (unpaired) electrons. The smallest absolute Gasteiger partial charge is 0.200 e. The van der Waals surface area contributed by atoms with Crippen molar-refractivity contribution in [1.82, 2.24) is 30.6 Å². The highest BCUT2D eigenvalue weighted by Crippen LogP contribution is 2.17. The van der Waals surface area contributed by atoms with E-state index in [0.29, 0.717) is 11.7 Å². The molecule has 0 bridgehead atoms. The molecule has 1 aliphatic heterocycles. The van der Waals surface area contributed by atoms with Crippen LogP contribution in [0.4, 0.5) is 5.82 Å². The molecular weight excluding hydrogens is 206 g/mol. The minimum Gasteiger partial charge on any atom is -0.354 e. The van der Waals surface area contributed by atoms with Crippen molar-refractivity contribution >= 4 is 11.5 Å². The Kier molecular flexibility index (Phi) is 2.17. The third-order valence-electron chi connectivity index (χ3n) is 2.98. The quantitative estimate of drug-likeness (QED) is 0.721. The summed E-state index contributed by atoms with van der Waals surface area (Å²) in [5.41, 5.74) is 0.674. The van der Waals surface area contributed by atoms with E-state index in [9.17, 15) is 0 Å². The molecular formula is C9H13N7. The Hall–Kier alpha value is -1.76. The van der Waals surface area contributed by atoms with Gasteiger partial charge in [-0.1, -0.05) is 0 Å². The van der Waals surface area contributed by atoms with E-state index in [2.05, 4.69) is 30.8 Å². The van der Waals surface area contributed by atoms with Crippen LogP contribution in [0, 0.1) is 0 Å². The molecule has 0 spiro atoms. The van der Waals surface area contributed by atoms with Crippen molar-refractivity contribution in [3.63, 3.8) is 0 Å². The first-order valence-corrected chi connectivity index (χ1v) is 5.34. The molecule has 1 saturated heterocycles. The van der Waals surface area contributed by atoms with Crippen molar-refractivity contribution in [2.24, 2.45) is 0 Å². The summed E-state index contributed by atoms with van der Waals surface area (Å²) in [6.45, 7) is 2.00. The number of fused-ring (bicyclic) bond motifs is 1. The second kappa shape index (κ2) is 3.67. The SMILES string of the molecule is CNC1CCN(c2ccc3nnnn3n2)C1. The van der Waals surface area contributed by atoms with E-state index < -0.39 is 0 Å². The van der Waals surface area contributed by atoms with Crippen LogP contribution in [0.5, 0.6) is 0 Å². The molecule has 7 heteroatoms. The Morgan fingerprint density at radius 3 is 3.19 bits per heavy atom. The number of hydrogen-bond donors (Lipinski definition) is 1.